The van der Waals surface area contributed by atoms with Crippen molar-refractivity contribution >= 4 is 5.78 Å². The second-order valence-corrected chi connectivity index (χ2v) is 3.23. The van der Waals surface area contributed by atoms with E-state index in [0.29, 0.717) is 11.7 Å². The van der Waals surface area contributed by atoms with Crippen LogP contribution in [0.1, 0.15) is 24.3 Å². The van der Waals surface area contributed by atoms with E-state index >= 15 is 0 Å². The molecule has 1 N–H and O–H groups in total. The Morgan fingerprint density at radius 1 is 1.50 bits per heavy atom. The number of pyridine rings is 1. The van der Waals surface area contributed by atoms with Crippen LogP contribution in [0, 0.1) is 0 Å². The highest BCUT2D eigenvalue weighted by Crippen LogP contribution is 1.95. The maximum absolute atomic E-state index is 11.4. The molecule has 0 aliphatic rings. The number of nitrogens with zero attached hydrogens (tertiary/aromatic N) is 1. The van der Waals surface area contributed by atoms with E-state index in [1.54, 1.807) is 30.6 Å². The summed E-state index contributed by atoms with van der Waals surface area (Å²) in [5, 5.41) is 3.02. The second-order valence-electron chi connectivity index (χ2n) is 3.23. The lowest BCUT2D eigenvalue weighted by molar-refractivity contribution is 0.104. The van der Waals surface area contributed by atoms with E-state index in [0.717, 1.165) is 0 Å². The van der Waals surface area contributed by atoms with Crippen molar-refractivity contribution in [1.82, 2.24) is 10.3 Å². The lowest BCUT2D eigenvalue weighted by atomic mass is 10.2. The van der Waals surface area contributed by atoms with E-state index in [1.807, 2.05) is 13.8 Å². The third-order valence-corrected chi connectivity index (χ3v) is 1.58. The van der Waals surface area contributed by atoms with Gasteiger partial charge in [-0.05, 0) is 26.0 Å². The Hall–Kier alpha value is -1.64. The van der Waals surface area contributed by atoms with Crippen molar-refractivity contribution in [2.75, 3.05) is 0 Å². The quantitative estimate of drug-likeness (QED) is 0.581. The highest BCUT2D eigenvalue weighted by molar-refractivity contribution is 6.02. The van der Waals surface area contributed by atoms with Crippen LogP contribution in [-0.4, -0.2) is 16.8 Å². The van der Waals surface area contributed by atoms with Gasteiger partial charge in [-0.15, -0.1) is 0 Å². The predicted octanol–water partition coefficient (Wildman–Crippen LogP) is 1.78. The van der Waals surface area contributed by atoms with Gasteiger partial charge in [-0.2, -0.15) is 0 Å². The molecule has 3 nitrogen and oxygen atoms in total. The molecule has 1 aromatic rings. The van der Waals surface area contributed by atoms with Gasteiger partial charge in [-0.25, -0.2) is 0 Å². The van der Waals surface area contributed by atoms with Gasteiger partial charge in [0.1, 0.15) is 5.69 Å². The largest absolute Gasteiger partial charge is 0.389 e. The lowest BCUT2D eigenvalue weighted by Crippen LogP contribution is -2.15. The van der Waals surface area contributed by atoms with Gasteiger partial charge in [0.25, 0.3) is 0 Å². The molecule has 14 heavy (non-hydrogen) atoms. The molecule has 1 heterocycles. The van der Waals surface area contributed by atoms with Gasteiger partial charge in [0, 0.05) is 24.5 Å². The fourth-order valence-electron chi connectivity index (χ4n) is 0.910. The first kappa shape index (κ1) is 10.4. The standard InChI is InChI=1S/C11H14N2O/c1-9(2)12-8-6-11(14)10-5-3-4-7-13-10/h3-9,12H,1-2H3/b8-6+. The van der Waals surface area contributed by atoms with Crippen LogP contribution in [0.2, 0.25) is 0 Å². The van der Waals surface area contributed by atoms with Crippen LogP contribution in [0.15, 0.2) is 36.7 Å². The zero-order valence-electron chi connectivity index (χ0n) is 8.40. The Morgan fingerprint density at radius 2 is 2.29 bits per heavy atom. The summed E-state index contributed by atoms with van der Waals surface area (Å²) in [5.41, 5.74) is 0.467. The molecule has 0 saturated carbocycles. The molecule has 0 saturated heterocycles. The van der Waals surface area contributed by atoms with Gasteiger partial charge in [-0.3, -0.25) is 9.78 Å². The van der Waals surface area contributed by atoms with Crippen LogP contribution in [-0.2, 0) is 0 Å². The van der Waals surface area contributed by atoms with E-state index in [9.17, 15) is 4.79 Å². The fraction of sp³-hybridized carbons (Fsp3) is 0.273. The molecule has 0 spiro atoms. The number of allylic oxidation sites excluding steroid dienone is 1. The molecular weight excluding hydrogens is 176 g/mol. The molecule has 0 aliphatic carbocycles. The average Bonchev–Trinajstić information content (AvgIpc) is 2.18. The van der Waals surface area contributed by atoms with Crippen LogP contribution in [0.3, 0.4) is 0 Å². The van der Waals surface area contributed by atoms with E-state index in [1.165, 1.54) is 6.08 Å². The molecule has 0 atom stereocenters. The Morgan fingerprint density at radius 3 is 2.86 bits per heavy atom. The van der Waals surface area contributed by atoms with Gasteiger partial charge >= 0.3 is 0 Å². The molecule has 74 valence electrons. The number of hydrogen-bond donors (Lipinski definition) is 1. The van der Waals surface area contributed by atoms with Crippen molar-refractivity contribution in [3.63, 3.8) is 0 Å². The van der Waals surface area contributed by atoms with Crippen molar-refractivity contribution in [2.45, 2.75) is 19.9 Å². The minimum Gasteiger partial charge on any atom is -0.389 e. The van der Waals surface area contributed by atoms with Crippen molar-refractivity contribution in [1.29, 1.82) is 0 Å². The monoisotopic (exact) mass is 190 g/mol. The first-order chi connectivity index (χ1) is 6.70. The first-order valence-corrected chi connectivity index (χ1v) is 4.58. The van der Waals surface area contributed by atoms with Crippen molar-refractivity contribution < 1.29 is 4.79 Å². The summed E-state index contributed by atoms with van der Waals surface area (Å²) in [6.45, 7) is 4.02. The highest BCUT2D eigenvalue weighted by atomic mass is 16.1. The predicted molar refractivity (Wildman–Crippen MR) is 56.0 cm³/mol. The van der Waals surface area contributed by atoms with Gasteiger partial charge in [0.15, 0.2) is 0 Å². The lowest BCUT2D eigenvalue weighted by Gasteiger charge is -2.01. The average molecular weight is 190 g/mol. The summed E-state index contributed by atoms with van der Waals surface area (Å²) in [7, 11) is 0. The maximum atomic E-state index is 11.4. The normalized spacial score (nSPS) is 10.8. The van der Waals surface area contributed by atoms with Gasteiger partial charge in [0.2, 0.25) is 5.78 Å². The smallest absolute Gasteiger partial charge is 0.205 e. The highest BCUT2D eigenvalue weighted by Gasteiger charge is 2.00. The summed E-state index contributed by atoms with van der Waals surface area (Å²) < 4.78 is 0. The summed E-state index contributed by atoms with van der Waals surface area (Å²) in [5.74, 6) is -0.0845. The minimum atomic E-state index is -0.0845. The number of aromatic nitrogens is 1. The third kappa shape index (κ3) is 3.39. The van der Waals surface area contributed by atoms with Crippen molar-refractivity contribution in [3.8, 4) is 0 Å². The summed E-state index contributed by atoms with van der Waals surface area (Å²) in [6.07, 6.45) is 4.75. The third-order valence-electron chi connectivity index (χ3n) is 1.58. The number of rotatable bonds is 4. The molecule has 0 radical (unpaired) electrons. The Bertz CT molecular complexity index is 317. The number of carbonyl (C=O) groups excluding carboxylic acids is 1. The molecule has 0 bridgehead atoms. The van der Waals surface area contributed by atoms with Gasteiger partial charge < -0.3 is 5.32 Å². The minimum absolute atomic E-state index is 0.0845. The topological polar surface area (TPSA) is 42.0 Å². The number of hydrogen-bond acceptors (Lipinski definition) is 3. The molecule has 3 heteroatoms. The molecule has 1 rings (SSSR count). The fourth-order valence-corrected chi connectivity index (χ4v) is 0.910. The van der Waals surface area contributed by atoms with Crippen molar-refractivity contribution in [3.05, 3.63) is 42.4 Å². The summed E-state index contributed by atoms with van der Waals surface area (Å²) in [4.78, 5) is 15.4. The summed E-state index contributed by atoms with van der Waals surface area (Å²) >= 11 is 0. The zero-order chi connectivity index (χ0) is 10.4. The molecule has 0 aliphatic heterocycles. The van der Waals surface area contributed by atoms with Crippen LogP contribution in [0.4, 0.5) is 0 Å². The van der Waals surface area contributed by atoms with Gasteiger partial charge in [-0.1, -0.05) is 6.07 Å². The van der Waals surface area contributed by atoms with Crippen LogP contribution in [0.5, 0.6) is 0 Å². The zero-order valence-corrected chi connectivity index (χ0v) is 8.40. The van der Waals surface area contributed by atoms with Crippen LogP contribution >= 0.6 is 0 Å². The summed E-state index contributed by atoms with van der Waals surface area (Å²) in [6, 6.07) is 5.61. The maximum Gasteiger partial charge on any atom is 0.205 e. The number of nitrogens with one attached hydrogen (secondary N) is 1. The van der Waals surface area contributed by atoms with Crippen LogP contribution < -0.4 is 5.32 Å². The van der Waals surface area contributed by atoms with E-state index in [4.69, 9.17) is 0 Å². The van der Waals surface area contributed by atoms with E-state index in [-0.39, 0.29) is 5.78 Å². The molecule has 1 aromatic heterocycles. The Balaban J connectivity index is 2.55. The van der Waals surface area contributed by atoms with E-state index < -0.39 is 0 Å². The van der Waals surface area contributed by atoms with Crippen LogP contribution in [0.25, 0.3) is 0 Å². The molecule has 0 unspecified atom stereocenters. The van der Waals surface area contributed by atoms with E-state index in [2.05, 4.69) is 10.3 Å². The number of ketones is 1. The molecule has 0 aromatic carbocycles. The number of carbonyl (C=O) groups is 1. The molecular formula is C11H14N2O. The molecule has 0 amide bonds. The second kappa shape index (κ2) is 5.17. The SMILES string of the molecule is CC(C)N/C=C/C(=O)c1ccccn1. The Labute approximate surface area is 83.9 Å². The Kier molecular flexibility index (Phi) is 3.85. The van der Waals surface area contributed by atoms with Gasteiger partial charge in [0.05, 0.1) is 0 Å². The molecule has 0 fully saturated rings. The van der Waals surface area contributed by atoms with Crippen molar-refractivity contribution in [2.24, 2.45) is 0 Å². The first-order valence-electron chi connectivity index (χ1n) is 4.58.